The molecule has 0 aliphatic carbocycles. The van der Waals surface area contributed by atoms with Crippen LogP contribution in [0.3, 0.4) is 0 Å². The lowest BCUT2D eigenvalue weighted by molar-refractivity contribution is -0.137. The summed E-state index contributed by atoms with van der Waals surface area (Å²) < 4.78 is 4.64. The van der Waals surface area contributed by atoms with Gasteiger partial charge >= 0.3 is 5.97 Å². The molecule has 1 rings (SSSR count). The first-order valence-corrected chi connectivity index (χ1v) is 10.3. The molecule has 1 aromatic carbocycles. The quantitative estimate of drug-likeness (QED) is 0.434. The highest BCUT2D eigenvalue weighted by Crippen LogP contribution is 2.41. The predicted octanol–water partition coefficient (Wildman–Crippen LogP) is 4.99. The van der Waals surface area contributed by atoms with Gasteiger partial charge in [-0.15, -0.1) is 23.5 Å². The minimum atomic E-state index is -0.181. The summed E-state index contributed by atoms with van der Waals surface area (Å²) in [7, 11) is 1.41. The molecule has 0 aromatic heterocycles. The second-order valence-corrected chi connectivity index (χ2v) is 10.1. The zero-order valence-corrected chi connectivity index (χ0v) is 17.5. The molecule has 0 amide bonds. The zero-order chi connectivity index (χ0) is 18.5. The maximum atomic E-state index is 11.1. The standard InChI is InChI=1S/C19H30O3S2/c1-18(2,3)14-10-13(11-15(17(14)21)19(4,5)6)24-9-8-23-12-16(20)22-7/h10-11,21H,8-9,12H2,1-7H3. The van der Waals surface area contributed by atoms with Crippen LogP contribution < -0.4 is 0 Å². The first-order valence-electron chi connectivity index (χ1n) is 8.12. The fraction of sp³-hybridized carbons (Fsp3) is 0.632. The van der Waals surface area contributed by atoms with Gasteiger partial charge < -0.3 is 9.84 Å². The van der Waals surface area contributed by atoms with E-state index < -0.39 is 0 Å². The van der Waals surface area contributed by atoms with E-state index in [0.29, 0.717) is 11.5 Å². The maximum Gasteiger partial charge on any atom is 0.315 e. The van der Waals surface area contributed by atoms with E-state index in [-0.39, 0.29) is 16.8 Å². The van der Waals surface area contributed by atoms with E-state index in [1.807, 2.05) is 0 Å². The van der Waals surface area contributed by atoms with Crippen molar-refractivity contribution in [2.24, 2.45) is 0 Å². The minimum absolute atomic E-state index is 0.111. The molecule has 0 saturated heterocycles. The van der Waals surface area contributed by atoms with Crippen LogP contribution in [0.5, 0.6) is 5.75 Å². The summed E-state index contributed by atoms with van der Waals surface area (Å²) in [5.74, 6) is 2.43. The Morgan fingerprint density at radius 2 is 1.54 bits per heavy atom. The van der Waals surface area contributed by atoms with E-state index in [9.17, 15) is 9.90 Å². The first-order chi connectivity index (χ1) is 11.0. The van der Waals surface area contributed by atoms with Gasteiger partial charge in [-0.3, -0.25) is 4.79 Å². The number of carbonyl (C=O) groups excluding carboxylic acids is 1. The molecule has 24 heavy (non-hydrogen) atoms. The van der Waals surface area contributed by atoms with Gasteiger partial charge in [0.1, 0.15) is 5.75 Å². The number of hydrogen-bond acceptors (Lipinski definition) is 5. The van der Waals surface area contributed by atoms with Gasteiger partial charge in [-0.25, -0.2) is 0 Å². The Morgan fingerprint density at radius 1 is 1.04 bits per heavy atom. The SMILES string of the molecule is COC(=O)CSCCSc1cc(C(C)(C)C)c(O)c(C(C)(C)C)c1. The first kappa shape index (κ1) is 21.2. The lowest BCUT2D eigenvalue weighted by Gasteiger charge is -2.28. The van der Waals surface area contributed by atoms with Crippen LogP contribution in [-0.4, -0.2) is 35.4 Å². The van der Waals surface area contributed by atoms with Crippen molar-refractivity contribution in [3.05, 3.63) is 23.3 Å². The van der Waals surface area contributed by atoms with Crippen molar-refractivity contribution in [2.45, 2.75) is 57.3 Å². The normalized spacial score (nSPS) is 12.3. The van der Waals surface area contributed by atoms with Gasteiger partial charge in [-0.1, -0.05) is 41.5 Å². The highest BCUT2D eigenvalue weighted by Gasteiger charge is 2.26. The lowest BCUT2D eigenvalue weighted by atomic mass is 9.79. The number of benzene rings is 1. The highest BCUT2D eigenvalue weighted by molar-refractivity contribution is 8.03. The zero-order valence-electron chi connectivity index (χ0n) is 15.9. The van der Waals surface area contributed by atoms with Gasteiger partial charge in [0.2, 0.25) is 0 Å². The number of esters is 1. The van der Waals surface area contributed by atoms with Crippen LogP contribution in [0.25, 0.3) is 0 Å². The molecule has 0 unspecified atom stereocenters. The van der Waals surface area contributed by atoms with E-state index in [0.717, 1.165) is 22.6 Å². The van der Waals surface area contributed by atoms with Gasteiger partial charge in [0.25, 0.3) is 0 Å². The third kappa shape index (κ3) is 6.25. The van der Waals surface area contributed by atoms with Crippen LogP contribution in [-0.2, 0) is 20.4 Å². The second-order valence-electron chi connectivity index (χ2n) is 7.84. The fourth-order valence-corrected chi connectivity index (χ4v) is 4.14. The van der Waals surface area contributed by atoms with Crippen LogP contribution in [0.15, 0.2) is 17.0 Å². The molecule has 0 saturated carbocycles. The number of rotatable bonds is 6. The number of phenols is 1. The second kappa shape index (κ2) is 8.52. The van der Waals surface area contributed by atoms with Gasteiger partial charge in [0, 0.05) is 27.5 Å². The Balaban J connectivity index is 2.89. The van der Waals surface area contributed by atoms with E-state index in [1.165, 1.54) is 12.0 Å². The fourth-order valence-electron chi connectivity index (χ4n) is 2.27. The summed E-state index contributed by atoms with van der Waals surface area (Å²) in [5.41, 5.74) is 1.75. The van der Waals surface area contributed by atoms with Gasteiger partial charge in [-0.05, 0) is 23.0 Å². The number of hydrogen-bond donors (Lipinski definition) is 1. The molecule has 0 spiro atoms. The third-order valence-electron chi connectivity index (χ3n) is 3.64. The van der Waals surface area contributed by atoms with Crippen molar-refractivity contribution in [3.63, 3.8) is 0 Å². The summed E-state index contributed by atoms with van der Waals surface area (Å²) in [6.07, 6.45) is 0. The van der Waals surface area contributed by atoms with Crippen molar-refractivity contribution in [3.8, 4) is 5.75 Å². The van der Waals surface area contributed by atoms with Crippen LogP contribution in [0.1, 0.15) is 52.7 Å². The molecule has 5 heteroatoms. The Kier molecular flexibility index (Phi) is 7.54. The van der Waals surface area contributed by atoms with E-state index >= 15 is 0 Å². The molecule has 0 fully saturated rings. The van der Waals surface area contributed by atoms with Crippen molar-refractivity contribution < 1.29 is 14.6 Å². The number of methoxy groups -OCH3 is 1. The summed E-state index contributed by atoms with van der Waals surface area (Å²) in [5, 5.41) is 10.7. The van der Waals surface area contributed by atoms with Crippen LogP contribution >= 0.6 is 23.5 Å². The summed E-state index contributed by atoms with van der Waals surface area (Å²) in [4.78, 5) is 12.3. The van der Waals surface area contributed by atoms with Crippen LogP contribution in [0.2, 0.25) is 0 Å². The average molecular weight is 371 g/mol. The molecule has 0 bridgehead atoms. The molecule has 1 N–H and O–H groups in total. The average Bonchev–Trinajstić information content (AvgIpc) is 2.45. The topological polar surface area (TPSA) is 46.5 Å². The molecule has 0 heterocycles. The largest absolute Gasteiger partial charge is 0.507 e. The lowest BCUT2D eigenvalue weighted by Crippen LogP contribution is -2.17. The number of carbonyl (C=O) groups is 1. The number of ether oxygens (including phenoxy) is 1. The van der Waals surface area contributed by atoms with E-state index in [2.05, 4.69) is 58.4 Å². The Morgan fingerprint density at radius 3 is 1.96 bits per heavy atom. The number of aromatic hydroxyl groups is 1. The summed E-state index contributed by atoms with van der Waals surface area (Å²) >= 11 is 3.35. The molecule has 3 nitrogen and oxygen atoms in total. The van der Waals surface area contributed by atoms with E-state index in [4.69, 9.17) is 0 Å². The van der Waals surface area contributed by atoms with Gasteiger partial charge in [0.15, 0.2) is 0 Å². The molecular weight excluding hydrogens is 340 g/mol. The van der Waals surface area contributed by atoms with Crippen molar-refractivity contribution in [1.82, 2.24) is 0 Å². The molecule has 0 atom stereocenters. The summed E-state index contributed by atoms with van der Waals surface area (Å²) in [6.45, 7) is 12.7. The third-order valence-corrected chi connectivity index (χ3v) is 5.81. The Labute approximate surface area is 154 Å². The molecule has 1 aromatic rings. The van der Waals surface area contributed by atoms with E-state index in [1.54, 1.807) is 23.5 Å². The maximum absolute atomic E-state index is 11.1. The van der Waals surface area contributed by atoms with Crippen molar-refractivity contribution in [2.75, 3.05) is 24.4 Å². The van der Waals surface area contributed by atoms with Crippen LogP contribution in [0.4, 0.5) is 0 Å². The van der Waals surface area contributed by atoms with Crippen LogP contribution in [0, 0.1) is 0 Å². The predicted molar refractivity (Wildman–Crippen MR) is 106 cm³/mol. The number of phenolic OH excluding ortho intramolecular Hbond substituents is 1. The molecule has 0 aliphatic heterocycles. The number of thioether (sulfide) groups is 2. The van der Waals surface area contributed by atoms with Gasteiger partial charge in [0.05, 0.1) is 12.9 Å². The molecule has 136 valence electrons. The Bertz CT molecular complexity index is 534. The van der Waals surface area contributed by atoms with Crippen molar-refractivity contribution in [1.29, 1.82) is 0 Å². The van der Waals surface area contributed by atoms with Crippen molar-refractivity contribution >= 4 is 29.5 Å². The smallest absolute Gasteiger partial charge is 0.315 e. The highest BCUT2D eigenvalue weighted by atomic mass is 32.2. The summed E-state index contributed by atoms with van der Waals surface area (Å²) in [6, 6.07) is 4.19. The van der Waals surface area contributed by atoms with Gasteiger partial charge in [-0.2, -0.15) is 0 Å². The Hall–Kier alpha value is -0.810. The molecular formula is C19H30O3S2. The molecule has 0 radical (unpaired) electrons. The molecule has 0 aliphatic rings. The minimum Gasteiger partial charge on any atom is -0.507 e. The monoisotopic (exact) mass is 370 g/mol.